The van der Waals surface area contributed by atoms with Gasteiger partial charge in [-0.25, -0.2) is 4.98 Å². The van der Waals surface area contributed by atoms with Gasteiger partial charge < -0.3 is 10.6 Å². The molecule has 19 heavy (non-hydrogen) atoms. The number of aryl methyl sites for hydroxylation is 1. The van der Waals surface area contributed by atoms with E-state index < -0.39 is 0 Å². The van der Waals surface area contributed by atoms with Crippen LogP contribution in [-0.4, -0.2) is 16.5 Å². The first-order valence-electron chi connectivity index (χ1n) is 6.28. The van der Waals surface area contributed by atoms with Gasteiger partial charge in [0, 0.05) is 16.7 Å². The second-order valence-corrected chi connectivity index (χ2v) is 5.22. The lowest BCUT2D eigenvalue weighted by Crippen LogP contribution is -2.04. The SMILES string of the molecule is CCCNc1cncc(Nc2ccc(Br)cc2C)n1. The first-order valence-corrected chi connectivity index (χ1v) is 7.07. The molecule has 0 radical (unpaired) electrons. The maximum absolute atomic E-state index is 4.47. The lowest BCUT2D eigenvalue weighted by molar-refractivity contribution is 0.965. The summed E-state index contributed by atoms with van der Waals surface area (Å²) in [5.41, 5.74) is 2.19. The highest BCUT2D eigenvalue weighted by Gasteiger charge is 2.02. The monoisotopic (exact) mass is 320 g/mol. The highest BCUT2D eigenvalue weighted by molar-refractivity contribution is 9.10. The van der Waals surface area contributed by atoms with Crippen molar-refractivity contribution in [2.24, 2.45) is 0 Å². The van der Waals surface area contributed by atoms with Crippen LogP contribution in [0.15, 0.2) is 35.1 Å². The molecule has 0 atom stereocenters. The van der Waals surface area contributed by atoms with Crippen LogP contribution in [0.25, 0.3) is 0 Å². The van der Waals surface area contributed by atoms with Gasteiger partial charge in [0.05, 0.1) is 12.4 Å². The van der Waals surface area contributed by atoms with Crippen molar-refractivity contribution in [2.45, 2.75) is 20.3 Å². The lowest BCUT2D eigenvalue weighted by Gasteiger charge is -2.10. The molecule has 5 heteroatoms. The zero-order chi connectivity index (χ0) is 13.7. The number of aromatic nitrogens is 2. The predicted molar refractivity (Wildman–Crippen MR) is 83.0 cm³/mol. The summed E-state index contributed by atoms with van der Waals surface area (Å²) in [6.45, 7) is 5.07. The fourth-order valence-electron chi connectivity index (χ4n) is 1.67. The molecular weight excluding hydrogens is 304 g/mol. The lowest BCUT2D eigenvalue weighted by atomic mass is 10.2. The number of nitrogens with zero attached hydrogens (tertiary/aromatic N) is 2. The molecule has 0 bridgehead atoms. The third kappa shape index (κ3) is 3.92. The van der Waals surface area contributed by atoms with Crippen molar-refractivity contribution < 1.29 is 0 Å². The van der Waals surface area contributed by atoms with Crippen LogP contribution in [0.4, 0.5) is 17.3 Å². The fraction of sp³-hybridized carbons (Fsp3) is 0.286. The van der Waals surface area contributed by atoms with Gasteiger partial charge in [0.1, 0.15) is 5.82 Å². The van der Waals surface area contributed by atoms with E-state index >= 15 is 0 Å². The maximum atomic E-state index is 4.47. The van der Waals surface area contributed by atoms with E-state index in [1.54, 1.807) is 12.4 Å². The smallest absolute Gasteiger partial charge is 0.151 e. The van der Waals surface area contributed by atoms with Gasteiger partial charge in [-0.15, -0.1) is 0 Å². The molecule has 0 saturated carbocycles. The molecule has 1 heterocycles. The molecule has 1 aromatic carbocycles. The molecule has 0 saturated heterocycles. The summed E-state index contributed by atoms with van der Waals surface area (Å²) in [5, 5.41) is 6.50. The maximum Gasteiger partial charge on any atom is 0.151 e. The summed E-state index contributed by atoms with van der Waals surface area (Å²) in [6, 6.07) is 6.09. The van der Waals surface area contributed by atoms with E-state index in [4.69, 9.17) is 0 Å². The third-order valence-corrected chi connectivity index (χ3v) is 3.14. The Bertz CT molecular complexity index is 557. The van der Waals surface area contributed by atoms with Crippen LogP contribution in [-0.2, 0) is 0 Å². The van der Waals surface area contributed by atoms with E-state index in [0.29, 0.717) is 0 Å². The Kier molecular flexibility index (Phi) is 4.74. The minimum Gasteiger partial charge on any atom is -0.369 e. The van der Waals surface area contributed by atoms with Gasteiger partial charge in [-0.3, -0.25) is 4.98 Å². The van der Waals surface area contributed by atoms with Crippen molar-refractivity contribution >= 4 is 33.3 Å². The largest absolute Gasteiger partial charge is 0.369 e. The minimum absolute atomic E-state index is 0.742. The highest BCUT2D eigenvalue weighted by atomic mass is 79.9. The predicted octanol–water partition coefficient (Wildman–Crippen LogP) is 4.11. The minimum atomic E-state index is 0.742. The summed E-state index contributed by atoms with van der Waals surface area (Å²) in [5.74, 6) is 1.54. The Labute approximate surface area is 121 Å². The number of benzene rings is 1. The number of hydrogen-bond acceptors (Lipinski definition) is 4. The van der Waals surface area contributed by atoms with Gasteiger partial charge in [0.2, 0.25) is 0 Å². The molecule has 0 aliphatic heterocycles. The normalized spacial score (nSPS) is 10.3. The van der Waals surface area contributed by atoms with Gasteiger partial charge in [0.15, 0.2) is 5.82 Å². The van der Waals surface area contributed by atoms with Crippen molar-refractivity contribution in [2.75, 3.05) is 17.2 Å². The Hall–Kier alpha value is -1.62. The number of hydrogen-bond donors (Lipinski definition) is 2. The van der Waals surface area contributed by atoms with Crippen LogP contribution in [0, 0.1) is 6.92 Å². The Morgan fingerprint density at radius 2 is 2.00 bits per heavy atom. The second kappa shape index (κ2) is 6.52. The van der Waals surface area contributed by atoms with Crippen molar-refractivity contribution in [3.63, 3.8) is 0 Å². The van der Waals surface area contributed by atoms with Crippen LogP contribution in [0.1, 0.15) is 18.9 Å². The molecule has 2 aromatic rings. The highest BCUT2D eigenvalue weighted by Crippen LogP contribution is 2.23. The summed E-state index contributed by atoms with van der Waals surface area (Å²) in [6.07, 6.45) is 4.51. The average molecular weight is 321 g/mol. The topological polar surface area (TPSA) is 49.8 Å². The van der Waals surface area contributed by atoms with Crippen LogP contribution in [0.5, 0.6) is 0 Å². The molecule has 2 rings (SSSR count). The Morgan fingerprint density at radius 3 is 2.74 bits per heavy atom. The van der Waals surface area contributed by atoms with E-state index in [9.17, 15) is 0 Å². The van der Waals surface area contributed by atoms with Gasteiger partial charge in [-0.05, 0) is 37.1 Å². The van der Waals surface area contributed by atoms with E-state index in [2.05, 4.69) is 56.4 Å². The molecule has 0 unspecified atom stereocenters. The molecule has 2 N–H and O–H groups in total. The van der Waals surface area contributed by atoms with Crippen LogP contribution in [0.2, 0.25) is 0 Å². The first-order chi connectivity index (χ1) is 9.19. The summed E-state index contributed by atoms with van der Waals surface area (Å²) >= 11 is 3.46. The number of halogens is 1. The Morgan fingerprint density at radius 1 is 1.21 bits per heavy atom. The molecule has 0 aliphatic rings. The number of nitrogens with one attached hydrogen (secondary N) is 2. The summed E-state index contributed by atoms with van der Waals surface area (Å²) in [4.78, 5) is 8.66. The zero-order valence-electron chi connectivity index (χ0n) is 11.1. The number of anilines is 3. The van der Waals surface area contributed by atoms with Gasteiger partial charge in [0.25, 0.3) is 0 Å². The van der Waals surface area contributed by atoms with Crippen LogP contribution >= 0.6 is 15.9 Å². The van der Waals surface area contributed by atoms with E-state index in [0.717, 1.165) is 40.3 Å². The van der Waals surface area contributed by atoms with Gasteiger partial charge in [-0.2, -0.15) is 0 Å². The quantitative estimate of drug-likeness (QED) is 0.870. The van der Waals surface area contributed by atoms with Crippen molar-refractivity contribution in [3.8, 4) is 0 Å². The summed E-state index contributed by atoms with van der Waals surface area (Å²) < 4.78 is 1.07. The molecule has 0 spiro atoms. The molecule has 0 aliphatic carbocycles. The number of rotatable bonds is 5. The third-order valence-electron chi connectivity index (χ3n) is 2.64. The zero-order valence-corrected chi connectivity index (χ0v) is 12.7. The van der Waals surface area contributed by atoms with Crippen molar-refractivity contribution in [1.29, 1.82) is 0 Å². The summed E-state index contributed by atoms with van der Waals surface area (Å²) in [7, 11) is 0. The molecule has 0 amide bonds. The molecule has 0 fully saturated rings. The standard InChI is InChI=1S/C14H17BrN4/c1-3-6-17-13-8-16-9-14(19-13)18-12-5-4-11(15)7-10(12)2/h4-5,7-9H,3,6H2,1-2H3,(H2,17,18,19). The fourth-order valence-corrected chi connectivity index (χ4v) is 2.15. The molecular formula is C14H17BrN4. The van der Waals surface area contributed by atoms with Gasteiger partial charge in [-0.1, -0.05) is 22.9 Å². The van der Waals surface area contributed by atoms with E-state index in [1.165, 1.54) is 0 Å². The van der Waals surface area contributed by atoms with E-state index in [-0.39, 0.29) is 0 Å². The van der Waals surface area contributed by atoms with Crippen molar-refractivity contribution in [3.05, 3.63) is 40.6 Å². The Balaban J connectivity index is 2.14. The average Bonchev–Trinajstić information content (AvgIpc) is 2.40. The van der Waals surface area contributed by atoms with Gasteiger partial charge >= 0.3 is 0 Å². The molecule has 100 valence electrons. The van der Waals surface area contributed by atoms with Crippen LogP contribution < -0.4 is 10.6 Å². The van der Waals surface area contributed by atoms with Crippen molar-refractivity contribution in [1.82, 2.24) is 9.97 Å². The van der Waals surface area contributed by atoms with E-state index in [1.807, 2.05) is 12.1 Å². The molecule has 4 nitrogen and oxygen atoms in total. The van der Waals surface area contributed by atoms with Crippen LogP contribution in [0.3, 0.4) is 0 Å². The first kappa shape index (κ1) is 13.8. The second-order valence-electron chi connectivity index (χ2n) is 4.30. The molecule has 1 aromatic heterocycles.